The molecule has 0 aliphatic carbocycles. The van der Waals surface area contributed by atoms with Crippen LogP contribution in [-0.2, 0) is 0 Å². The van der Waals surface area contributed by atoms with Crippen molar-refractivity contribution in [2.75, 3.05) is 0 Å². The van der Waals surface area contributed by atoms with E-state index in [0.29, 0.717) is 11.0 Å². The Morgan fingerprint density at radius 1 is 1.67 bits per heavy atom. The number of aromatic amines is 1. The van der Waals surface area contributed by atoms with Gasteiger partial charge in [-0.1, -0.05) is 0 Å². The van der Waals surface area contributed by atoms with Crippen LogP contribution in [0.3, 0.4) is 0 Å². The predicted octanol–water partition coefficient (Wildman–Crippen LogP) is 0.353. The van der Waals surface area contributed by atoms with Crippen LogP contribution < -0.4 is 0 Å². The van der Waals surface area contributed by atoms with E-state index in [1.807, 2.05) is 0 Å². The molecule has 4 nitrogen and oxygen atoms in total. The summed E-state index contributed by atoms with van der Waals surface area (Å²) in [4.78, 5) is 7.61. The largest absolute Gasteiger partial charge is 0.275 e. The van der Waals surface area contributed by atoms with E-state index in [-0.39, 0.29) is 6.17 Å². The van der Waals surface area contributed by atoms with Gasteiger partial charge in [-0.05, 0) is 0 Å². The lowest BCUT2D eigenvalue weighted by Crippen LogP contribution is -1.74. The fourth-order valence-corrected chi connectivity index (χ4v) is 0.642. The molecule has 0 saturated carbocycles. The van der Waals surface area contributed by atoms with Crippen molar-refractivity contribution in [1.82, 2.24) is 20.2 Å². The van der Waals surface area contributed by atoms with Crippen molar-refractivity contribution < 1.29 is 1.37 Å². The SMILES string of the molecule is [2H]c1n[nH]c2cncnc12. The highest BCUT2D eigenvalue weighted by Crippen LogP contribution is 2.00. The molecule has 44 valence electrons. The number of fused-ring (bicyclic) bond motifs is 1. The summed E-state index contributed by atoms with van der Waals surface area (Å²) in [6, 6.07) is 0. The van der Waals surface area contributed by atoms with Gasteiger partial charge in [-0.2, -0.15) is 5.10 Å². The third kappa shape index (κ3) is 0.561. The molecule has 0 radical (unpaired) electrons. The van der Waals surface area contributed by atoms with Crippen molar-refractivity contribution in [1.29, 1.82) is 0 Å². The Kier molecular flexibility index (Phi) is 0.597. The molecule has 2 aromatic rings. The van der Waals surface area contributed by atoms with E-state index < -0.39 is 0 Å². The van der Waals surface area contributed by atoms with E-state index in [9.17, 15) is 0 Å². The Hall–Kier alpha value is -1.45. The molecule has 2 heterocycles. The van der Waals surface area contributed by atoms with Gasteiger partial charge >= 0.3 is 0 Å². The number of nitrogens with one attached hydrogen (secondary N) is 1. The molecule has 2 aromatic heterocycles. The molecule has 0 aliphatic heterocycles. The van der Waals surface area contributed by atoms with E-state index in [4.69, 9.17) is 1.37 Å². The van der Waals surface area contributed by atoms with Gasteiger partial charge in [0, 0.05) is 0 Å². The van der Waals surface area contributed by atoms with Crippen LogP contribution in [0.15, 0.2) is 18.7 Å². The molecule has 0 fully saturated rings. The number of nitrogens with zero attached hydrogens (tertiary/aromatic N) is 3. The molecular weight excluding hydrogens is 116 g/mol. The first-order valence-electron chi connectivity index (χ1n) is 2.98. The zero-order valence-electron chi connectivity index (χ0n) is 5.50. The molecule has 1 N–H and O–H groups in total. The van der Waals surface area contributed by atoms with E-state index in [0.717, 1.165) is 0 Å². The van der Waals surface area contributed by atoms with Crippen molar-refractivity contribution in [2.45, 2.75) is 0 Å². The minimum atomic E-state index is 0.164. The molecule has 0 saturated heterocycles. The van der Waals surface area contributed by atoms with Crippen molar-refractivity contribution in [3.05, 3.63) is 18.7 Å². The molecule has 0 atom stereocenters. The number of hydrogen-bond donors (Lipinski definition) is 1. The first-order valence-corrected chi connectivity index (χ1v) is 2.48. The predicted molar refractivity (Wildman–Crippen MR) is 31.7 cm³/mol. The molecule has 0 aromatic carbocycles. The normalized spacial score (nSPS) is 11.8. The zero-order chi connectivity index (χ0) is 6.97. The molecule has 0 unspecified atom stereocenters. The van der Waals surface area contributed by atoms with Crippen LogP contribution in [0.5, 0.6) is 0 Å². The summed E-state index contributed by atoms with van der Waals surface area (Å²) < 4.78 is 7.21. The van der Waals surface area contributed by atoms with E-state index >= 15 is 0 Å². The van der Waals surface area contributed by atoms with Gasteiger partial charge in [-0.3, -0.25) is 5.10 Å². The van der Waals surface area contributed by atoms with Gasteiger partial charge in [0.2, 0.25) is 0 Å². The summed E-state index contributed by atoms with van der Waals surface area (Å²) in [6.07, 6.45) is 3.15. The summed E-state index contributed by atoms with van der Waals surface area (Å²) in [7, 11) is 0. The van der Waals surface area contributed by atoms with Gasteiger partial charge in [-0.25, -0.2) is 9.97 Å². The highest BCUT2D eigenvalue weighted by atomic mass is 15.1. The van der Waals surface area contributed by atoms with Crippen LogP contribution >= 0.6 is 0 Å². The maximum absolute atomic E-state index is 7.21. The maximum Gasteiger partial charge on any atom is 0.116 e. The topological polar surface area (TPSA) is 54.5 Å². The Labute approximate surface area is 52.4 Å². The van der Waals surface area contributed by atoms with Gasteiger partial charge < -0.3 is 0 Å². The molecule has 0 bridgehead atoms. The second-order valence-corrected chi connectivity index (χ2v) is 1.62. The van der Waals surface area contributed by atoms with Crippen LogP contribution in [-0.4, -0.2) is 20.2 Å². The molecule has 0 amide bonds. The number of rotatable bonds is 0. The number of H-pyrrole nitrogens is 1. The quantitative estimate of drug-likeness (QED) is 0.547. The first-order chi connectivity index (χ1) is 4.88. The monoisotopic (exact) mass is 121 g/mol. The number of hydrogen-bond acceptors (Lipinski definition) is 3. The molecule has 4 heteroatoms. The lowest BCUT2D eigenvalue weighted by Gasteiger charge is -1.80. The van der Waals surface area contributed by atoms with E-state index in [1.165, 1.54) is 6.33 Å². The lowest BCUT2D eigenvalue weighted by atomic mass is 10.5. The minimum absolute atomic E-state index is 0.164. The van der Waals surface area contributed by atoms with Gasteiger partial charge in [0.25, 0.3) is 0 Å². The molecular formula is C5H4N4. The molecule has 9 heavy (non-hydrogen) atoms. The van der Waals surface area contributed by atoms with Crippen LogP contribution in [0.25, 0.3) is 11.0 Å². The van der Waals surface area contributed by atoms with E-state index in [1.54, 1.807) is 6.20 Å². The highest BCUT2D eigenvalue weighted by Gasteiger charge is 1.90. The number of aromatic nitrogens is 4. The Morgan fingerprint density at radius 3 is 3.56 bits per heavy atom. The van der Waals surface area contributed by atoms with Gasteiger partial charge in [-0.15, -0.1) is 0 Å². The summed E-state index contributed by atoms with van der Waals surface area (Å²) >= 11 is 0. The third-order valence-corrected chi connectivity index (χ3v) is 1.05. The zero-order valence-corrected chi connectivity index (χ0v) is 4.50. The Morgan fingerprint density at radius 2 is 2.67 bits per heavy atom. The standard InChI is InChI=1S/C5H4N4/c1-5-4(2-8-9-5)7-3-6-1/h1-3H,(H,8,9)/i2D. The van der Waals surface area contributed by atoms with Gasteiger partial charge in [0.1, 0.15) is 17.4 Å². The molecule has 0 spiro atoms. The lowest BCUT2D eigenvalue weighted by molar-refractivity contribution is 1.11. The van der Waals surface area contributed by atoms with Gasteiger partial charge in [0.05, 0.1) is 13.7 Å². The van der Waals surface area contributed by atoms with Crippen LogP contribution in [0.4, 0.5) is 0 Å². The third-order valence-electron chi connectivity index (χ3n) is 1.05. The average Bonchev–Trinajstić information content (AvgIpc) is 2.34. The fourth-order valence-electron chi connectivity index (χ4n) is 0.642. The smallest absolute Gasteiger partial charge is 0.116 e. The molecule has 2 rings (SSSR count). The van der Waals surface area contributed by atoms with Crippen LogP contribution in [0.1, 0.15) is 1.37 Å². The van der Waals surface area contributed by atoms with E-state index in [2.05, 4.69) is 20.2 Å². The first kappa shape index (κ1) is 3.55. The van der Waals surface area contributed by atoms with Crippen LogP contribution in [0, 0.1) is 0 Å². The Bertz CT molecular complexity index is 355. The summed E-state index contributed by atoms with van der Waals surface area (Å²) in [5.74, 6) is 0. The van der Waals surface area contributed by atoms with Crippen molar-refractivity contribution >= 4 is 11.0 Å². The summed E-state index contributed by atoms with van der Waals surface area (Å²) in [6.45, 7) is 0. The van der Waals surface area contributed by atoms with Crippen molar-refractivity contribution in [2.24, 2.45) is 0 Å². The summed E-state index contributed by atoms with van der Waals surface area (Å²) in [5.41, 5.74) is 1.27. The fraction of sp³-hybridized carbons (Fsp3) is 0. The van der Waals surface area contributed by atoms with Crippen LogP contribution in [0.2, 0.25) is 0 Å². The van der Waals surface area contributed by atoms with Gasteiger partial charge in [0.15, 0.2) is 0 Å². The average molecular weight is 121 g/mol. The second-order valence-electron chi connectivity index (χ2n) is 1.62. The highest BCUT2D eigenvalue weighted by molar-refractivity contribution is 5.71. The van der Waals surface area contributed by atoms with Crippen molar-refractivity contribution in [3.63, 3.8) is 0 Å². The Balaban J connectivity index is 2.93. The minimum Gasteiger partial charge on any atom is -0.275 e. The molecule has 0 aliphatic rings. The second kappa shape index (κ2) is 1.51. The van der Waals surface area contributed by atoms with Crippen molar-refractivity contribution in [3.8, 4) is 0 Å². The summed E-state index contributed by atoms with van der Waals surface area (Å²) in [5, 5.41) is 6.26. The maximum atomic E-state index is 7.21.